The predicted molar refractivity (Wildman–Crippen MR) is 119 cm³/mol. The highest BCUT2D eigenvalue weighted by atomic mass is 127. The van der Waals surface area contributed by atoms with Crippen LogP contribution in [0.4, 0.5) is 0 Å². The van der Waals surface area contributed by atoms with Crippen LogP contribution in [-0.2, 0) is 6.54 Å². The molecule has 0 aromatic carbocycles. The molecule has 1 aromatic heterocycles. The van der Waals surface area contributed by atoms with Gasteiger partial charge in [0.25, 0.3) is 0 Å². The topological polar surface area (TPSA) is 45.5 Å². The molecule has 2 fully saturated rings. The summed E-state index contributed by atoms with van der Waals surface area (Å²) in [4.78, 5) is 7.43. The van der Waals surface area contributed by atoms with Gasteiger partial charge in [-0.15, -0.1) is 24.0 Å². The molecule has 6 heteroatoms. The molecular formula is C20H36IN5. The number of hydrogen-bond acceptors (Lipinski definition) is 2. The summed E-state index contributed by atoms with van der Waals surface area (Å²) in [5.41, 5.74) is 2.93. The number of aliphatic imine (C=N–C) groups is 1. The van der Waals surface area contributed by atoms with Crippen LogP contribution in [0.15, 0.2) is 11.1 Å². The van der Waals surface area contributed by atoms with Crippen molar-refractivity contribution < 1.29 is 0 Å². The van der Waals surface area contributed by atoms with Crippen LogP contribution in [-0.4, -0.2) is 46.8 Å². The molecule has 2 heterocycles. The van der Waals surface area contributed by atoms with E-state index in [2.05, 4.69) is 46.8 Å². The maximum Gasteiger partial charge on any atom is 0.193 e. The third-order valence-electron chi connectivity index (χ3n) is 5.88. The van der Waals surface area contributed by atoms with Crippen LogP contribution < -0.4 is 5.32 Å². The molecule has 0 atom stereocenters. The van der Waals surface area contributed by atoms with Gasteiger partial charge in [-0.3, -0.25) is 9.67 Å². The van der Waals surface area contributed by atoms with Gasteiger partial charge in [-0.1, -0.05) is 19.3 Å². The monoisotopic (exact) mass is 473 g/mol. The van der Waals surface area contributed by atoms with Gasteiger partial charge in [-0.25, -0.2) is 0 Å². The Balaban J connectivity index is 0.00000243. The van der Waals surface area contributed by atoms with Gasteiger partial charge in [0.1, 0.15) is 0 Å². The Labute approximate surface area is 176 Å². The fraction of sp³-hybridized carbons (Fsp3) is 0.800. The number of aryl methyl sites for hydroxylation is 3. The first-order valence-corrected chi connectivity index (χ1v) is 10.2. The summed E-state index contributed by atoms with van der Waals surface area (Å²) in [6.07, 6.45) is 9.50. The van der Waals surface area contributed by atoms with Crippen LogP contribution in [0, 0.1) is 19.3 Å². The van der Waals surface area contributed by atoms with Crippen molar-refractivity contribution in [1.29, 1.82) is 0 Å². The van der Waals surface area contributed by atoms with Gasteiger partial charge in [0.2, 0.25) is 0 Å². The molecule has 1 N–H and O–H groups in total. The molecule has 3 rings (SSSR count). The van der Waals surface area contributed by atoms with E-state index in [9.17, 15) is 0 Å². The summed E-state index contributed by atoms with van der Waals surface area (Å²) < 4.78 is 2.10. The highest BCUT2D eigenvalue weighted by Gasteiger charge is 2.39. The highest BCUT2D eigenvalue weighted by molar-refractivity contribution is 14.0. The lowest BCUT2D eigenvalue weighted by molar-refractivity contribution is 0.203. The summed E-state index contributed by atoms with van der Waals surface area (Å²) in [6, 6.07) is 2.14. The molecule has 0 unspecified atom stereocenters. The minimum absolute atomic E-state index is 0. The number of nitrogens with one attached hydrogen (secondary N) is 1. The summed E-state index contributed by atoms with van der Waals surface area (Å²) >= 11 is 0. The molecule has 0 radical (unpaired) electrons. The molecule has 2 aliphatic rings. The second-order valence-corrected chi connectivity index (χ2v) is 7.97. The third kappa shape index (κ3) is 5.36. The lowest BCUT2D eigenvalue weighted by atomic mass is 9.73. The zero-order valence-electron chi connectivity index (χ0n) is 16.8. The maximum absolute atomic E-state index is 4.92. The van der Waals surface area contributed by atoms with E-state index in [1.807, 2.05) is 0 Å². The predicted octanol–water partition coefficient (Wildman–Crippen LogP) is 4.13. The smallest absolute Gasteiger partial charge is 0.193 e. The average molecular weight is 473 g/mol. The van der Waals surface area contributed by atoms with Crippen LogP contribution in [0.2, 0.25) is 0 Å². The van der Waals surface area contributed by atoms with Gasteiger partial charge < -0.3 is 10.2 Å². The molecule has 26 heavy (non-hydrogen) atoms. The van der Waals surface area contributed by atoms with E-state index in [1.165, 1.54) is 57.3 Å². The number of hydrogen-bond donors (Lipinski definition) is 1. The lowest BCUT2D eigenvalue weighted by Gasteiger charge is -2.33. The highest BCUT2D eigenvalue weighted by Crippen LogP contribution is 2.43. The first-order chi connectivity index (χ1) is 12.1. The van der Waals surface area contributed by atoms with E-state index in [0.717, 1.165) is 37.7 Å². The van der Waals surface area contributed by atoms with Gasteiger partial charge >= 0.3 is 0 Å². The number of halogens is 1. The number of nitrogens with zero attached hydrogens (tertiary/aromatic N) is 4. The minimum Gasteiger partial charge on any atom is -0.357 e. The summed E-state index contributed by atoms with van der Waals surface area (Å²) in [5, 5.41) is 8.05. The fourth-order valence-electron chi connectivity index (χ4n) is 4.56. The standard InChI is InChI=1S/C20H35N5.HI/c1-4-21-19(22-12-8-13-25-18(3)15-17(2)23-25)24-14-11-20(16-24)9-6-5-7-10-20;/h15H,4-14,16H2,1-3H3,(H,21,22);1H. The van der Waals surface area contributed by atoms with Gasteiger partial charge in [0.05, 0.1) is 5.69 Å². The van der Waals surface area contributed by atoms with Gasteiger partial charge in [0.15, 0.2) is 5.96 Å². The van der Waals surface area contributed by atoms with Gasteiger partial charge in [-0.2, -0.15) is 5.10 Å². The third-order valence-corrected chi connectivity index (χ3v) is 5.88. The number of guanidine groups is 1. The Morgan fingerprint density at radius 2 is 2.00 bits per heavy atom. The zero-order chi connectivity index (χ0) is 17.7. The van der Waals surface area contributed by atoms with Crippen molar-refractivity contribution in [3.63, 3.8) is 0 Å². The quantitative estimate of drug-likeness (QED) is 0.303. The van der Waals surface area contributed by atoms with Crippen LogP contribution >= 0.6 is 24.0 Å². The molecule has 1 saturated carbocycles. The molecule has 5 nitrogen and oxygen atoms in total. The zero-order valence-corrected chi connectivity index (χ0v) is 19.1. The summed E-state index contributed by atoms with van der Waals surface area (Å²) in [6.45, 7) is 11.5. The van der Waals surface area contributed by atoms with E-state index in [1.54, 1.807) is 0 Å². The Kier molecular flexibility index (Phi) is 8.23. The number of likely N-dealkylation sites (tertiary alicyclic amines) is 1. The molecular weight excluding hydrogens is 437 g/mol. The first-order valence-electron chi connectivity index (χ1n) is 10.2. The van der Waals surface area contributed by atoms with Crippen molar-refractivity contribution >= 4 is 29.9 Å². The molecule has 1 spiro atoms. The van der Waals surface area contributed by atoms with Crippen LogP contribution in [0.5, 0.6) is 0 Å². The second kappa shape index (κ2) is 9.95. The molecule has 0 amide bonds. The normalized spacial score (nSPS) is 19.7. The van der Waals surface area contributed by atoms with Crippen LogP contribution in [0.25, 0.3) is 0 Å². The van der Waals surface area contributed by atoms with E-state index >= 15 is 0 Å². The van der Waals surface area contributed by atoms with Crippen molar-refractivity contribution in [3.05, 3.63) is 17.5 Å². The molecule has 1 aromatic rings. The van der Waals surface area contributed by atoms with Crippen LogP contribution in [0.1, 0.15) is 63.3 Å². The van der Waals surface area contributed by atoms with Crippen molar-refractivity contribution in [2.24, 2.45) is 10.4 Å². The summed E-state index contributed by atoms with van der Waals surface area (Å²) in [7, 11) is 0. The number of rotatable bonds is 5. The van der Waals surface area contributed by atoms with E-state index in [0.29, 0.717) is 5.41 Å². The molecule has 1 aliphatic carbocycles. The maximum atomic E-state index is 4.92. The Bertz CT molecular complexity index is 589. The Hall–Kier alpha value is -0.790. The average Bonchev–Trinajstić information content (AvgIpc) is 3.14. The first kappa shape index (κ1) is 21.5. The SMILES string of the molecule is CCNC(=NCCCn1nc(C)cc1C)N1CCC2(CCCCC2)C1.I. The van der Waals surface area contributed by atoms with Crippen molar-refractivity contribution in [2.45, 2.75) is 72.3 Å². The fourth-order valence-corrected chi connectivity index (χ4v) is 4.56. The molecule has 0 bridgehead atoms. The largest absolute Gasteiger partial charge is 0.357 e. The summed E-state index contributed by atoms with van der Waals surface area (Å²) in [5.74, 6) is 1.12. The van der Waals surface area contributed by atoms with E-state index < -0.39 is 0 Å². The van der Waals surface area contributed by atoms with Crippen molar-refractivity contribution in [3.8, 4) is 0 Å². The van der Waals surface area contributed by atoms with E-state index in [-0.39, 0.29) is 24.0 Å². The molecule has 1 saturated heterocycles. The van der Waals surface area contributed by atoms with E-state index in [4.69, 9.17) is 4.99 Å². The lowest BCUT2D eigenvalue weighted by Crippen LogP contribution is -2.41. The molecule has 1 aliphatic heterocycles. The van der Waals surface area contributed by atoms with Gasteiger partial charge in [0, 0.05) is 38.4 Å². The number of aromatic nitrogens is 2. The minimum atomic E-state index is 0. The Morgan fingerprint density at radius 1 is 1.23 bits per heavy atom. The Morgan fingerprint density at radius 3 is 2.65 bits per heavy atom. The van der Waals surface area contributed by atoms with Crippen LogP contribution in [0.3, 0.4) is 0 Å². The molecule has 148 valence electrons. The van der Waals surface area contributed by atoms with Gasteiger partial charge in [-0.05, 0) is 57.9 Å². The van der Waals surface area contributed by atoms with Crippen molar-refractivity contribution in [1.82, 2.24) is 20.0 Å². The second-order valence-electron chi connectivity index (χ2n) is 7.97. The van der Waals surface area contributed by atoms with Crippen molar-refractivity contribution in [2.75, 3.05) is 26.2 Å².